The molecule has 3 aliphatic carbocycles. The fourth-order valence-electron chi connectivity index (χ4n) is 5.23. The second-order valence-electron chi connectivity index (χ2n) is 9.81. The van der Waals surface area contributed by atoms with Crippen molar-refractivity contribution in [1.29, 1.82) is 0 Å². The average Bonchev–Trinajstić information content (AvgIpc) is 3.25. The molecule has 2 N–H and O–H groups in total. The molecule has 8 nitrogen and oxygen atoms in total. The quantitative estimate of drug-likeness (QED) is 0.551. The van der Waals surface area contributed by atoms with Gasteiger partial charge in [0.05, 0.1) is 11.7 Å². The maximum Gasteiger partial charge on any atom is 0.247 e. The monoisotopic (exact) mass is 465 g/mol. The summed E-state index contributed by atoms with van der Waals surface area (Å²) >= 11 is 0. The van der Waals surface area contributed by atoms with Crippen molar-refractivity contribution in [3.63, 3.8) is 0 Å². The molecule has 2 unspecified atom stereocenters. The third-order valence-electron chi connectivity index (χ3n) is 7.38. The van der Waals surface area contributed by atoms with E-state index in [2.05, 4.69) is 57.2 Å². The van der Waals surface area contributed by atoms with Gasteiger partial charge >= 0.3 is 0 Å². The summed E-state index contributed by atoms with van der Waals surface area (Å²) < 4.78 is 15.4. The van der Waals surface area contributed by atoms with Gasteiger partial charge in [-0.3, -0.25) is 4.68 Å². The molecular formula is C24H31N7OS. The first-order valence-corrected chi connectivity index (χ1v) is 13.2. The normalized spacial score (nSPS) is 19.0. The van der Waals surface area contributed by atoms with Crippen LogP contribution in [0.2, 0.25) is 0 Å². The SMILES string of the molecule is CC(c1cc(S(=O)c2nc(Nc3c4c(cc5c3CCC5)CCC4)n[nH]2)nn1C1CC1)N(C)C. The molecule has 1 saturated carbocycles. The number of anilines is 2. The van der Waals surface area contributed by atoms with Crippen molar-refractivity contribution >= 4 is 22.4 Å². The highest BCUT2D eigenvalue weighted by Crippen LogP contribution is 2.40. The van der Waals surface area contributed by atoms with E-state index in [1.54, 1.807) is 0 Å². The number of hydrogen-bond acceptors (Lipinski definition) is 6. The molecule has 2 atom stereocenters. The van der Waals surface area contributed by atoms with Gasteiger partial charge in [0, 0.05) is 11.7 Å². The number of nitrogens with one attached hydrogen (secondary N) is 2. The van der Waals surface area contributed by atoms with Crippen molar-refractivity contribution in [2.45, 2.75) is 80.6 Å². The van der Waals surface area contributed by atoms with E-state index in [1.165, 1.54) is 40.8 Å². The van der Waals surface area contributed by atoms with E-state index < -0.39 is 10.8 Å². The Bertz CT molecular complexity index is 1210. The lowest BCUT2D eigenvalue weighted by atomic mass is 9.99. The van der Waals surface area contributed by atoms with Crippen molar-refractivity contribution < 1.29 is 4.21 Å². The third kappa shape index (κ3) is 3.71. The summed E-state index contributed by atoms with van der Waals surface area (Å²) in [6.07, 6.45) is 9.15. The number of nitrogens with zero attached hydrogens (tertiary/aromatic N) is 5. The van der Waals surface area contributed by atoms with Crippen molar-refractivity contribution in [1.82, 2.24) is 29.9 Å². The van der Waals surface area contributed by atoms with Crippen molar-refractivity contribution in [2.75, 3.05) is 19.4 Å². The molecule has 0 aliphatic heterocycles. The highest BCUT2D eigenvalue weighted by molar-refractivity contribution is 7.84. The first kappa shape index (κ1) is 21.0. The fourth-order valence-corrected chi connectivity index (χ4v) is 6.11. The molecule has 33 heavy (non-hydrogen) atoms. The highest BCUT2D eigenvalue weighted by Gasteiger charge is 2.31. The molecule has 0 radical (unpaired) electrons. The van der Waals surface area contributed by atoms with E-state index in [9.17, 15) is 4.21 Å². The summed E-state index contributed by atoms with van der Waals surface area (Å²) in [6, 6.07) is 4.99. The molecule has 3 aromatic rings. The van der Waals surface area contributed by atoms with Gasteiger partial charge in [-0.1, -0.05) is 6.07 Å². The van der Waals surface area contributed by atoms with Crippen molar-refractivity contribution in [3.05, 3.63) is 40.1 Å². The van der Waals surface area contributed by atoms with Gasteiger partial charge in [-0.05, 0) is 101 Å². The van der Waals surface area contributed by atoms with Gasteiger partial charge in [-0.2, -0.15) is 10.1 Å². The van der Waals surface area contributed by atoms with Crippen LogP contribution >= 0.6 is 0 Å². The molecule has 174 valence electrons. The molecule has 9 heteroatoms. The Morgan fingerprint density at radius 1 is 1.12 bits per heavy atom. The number of fused-ring (bicyclic) bond motifs is 2. The van der Waals surface area contributed by atoms with Crippen LogP contribution in [-0.4, -0.2) is 48.2 Å². The van der Waals surface area contributed by atoms with Crippen molar-refractivity contribution in [3.8, 4) is 0 Å². The minimum absolute atomic E-state index is 0.193. The predicted octanol–water partition coefficient (Wildman–Crippen LogP) is 3.85. The molecule has 1 aromatic carbocycles. The summed E-state index contributed by atoms with van der Waals surface area (Å²) in [4.78, 5) is 6.72. The molecule has 0 bridgehead atoms. The Labute approximate surface area is 196 Å². The van der Waals surface area contributed by atoms with Gasteiger partial charge in [0.15, 0.2) is 5.03 Å². The molecule has 0 amide bonds. The Kier molecular flexibility index (Phi) is 5.14. The van der Waals surface area contributed by atoms with Crippen LogP contribution in [0.1, 0.15) is 72.6 Å². The summed E-state index contributed by atoms with van der Waals surface area (Å²) in [5, 5.41) is 16.4. The Morgan fingerprint density at radius 2 is 1.82 bits per heavy atom. The van der Waals surface area contributed by atoms with E-state index in [0.717, 1.165) is 44.2 Å². The maximum atomic E-state index is 13.3. The minimum Gasteiger partial charge on any atom is -0.322 e. The van der Waals surface area contributed by atoms with E-state index in [4.69, 9.17) is 5.10 Å². The maximum absolute atomic E-state index is 13.3. The summed E-state index contributed by atoms with van der Waals surface area (Å²) in [7, 11) is 2.60. The first-order chi connectivity index (χ1) is 16.0. The Balaban J connectivity index is 1.28. The van der Waals surface area contributed by atoms with Gasteiger partial charge in [0.1, 0.15) is 10.8 Å². The van der Waals surface area contributed by atoms with Gasteiger partial charge < -0.3 is 10.2 Å². The zero-order valence-corrected chi connectivity index (χ0v) is 20.3. The van der Waals surface area contributed by atoms with E-state index in [-0.39, 0.29) is 6.04 Å². The molecule has 2 heterocycles. The molecular weight excluding hydrogens is 434 g/mol. The standard InChI is InChI=1S/C24H31N7OS/c1-14(30(2)3)20-13-21(29-31(20)17-10-11-17)33(32)24-26-23(27-28-24)25-22-18-8-4-6-15(18)12-16-7-5-9-19(16)22/h12-14,17H,4-11H2,1-3H3,(H2,25,26,27,28). The Hall–Kier alpha value is -2.52. The second kappa shape index (κ2) is 8.06. The molecule has 0 spiro atoms. The van der Waals surface area contributed by atoms with Crippen LogP contribution in [0.15, 0.2) is 22.3 Å². The van der Waals surface area contributed by atoms with Gasteiger partial charge in [0.2, 0.25) is 11.1 Å². The number of aryl methyl sites for hydroxylation is 2. The number of hydrogen-bond donors (Lipinski definition) is 2. The molecule has 0 saturated heterocycles. The number of aromatic amines is 1. The third-order valence-corrected chi connectivity index (χ3v) is 8.49. The van der Waals surface area contributed by atoms with E-state index in [1.807, 2.05) is 6.07 Å². The van der Waals surface area contributed by atoms with E-state index in [0.29, 0.717) is 22.2 Å². The molecule has 6 rings (SSSR count). The fraction of sp³-hybridized carbons (Fsp3) is 0.542. The zero-order chi connectivity index (χ0) is 22.7. The van der Waals surface area contributed by atoms with Crippen LogP contribution < -0.4 is 5.32 Å². The molecule has 3 aliphatic rings. The number of H-pyrrole nitrogens is 1. The van der Waals surface area contributed by atoms with Crippen molar-refractivity contribution in [2.24, 2.45) is 0 Å². The highest BCUT2D eigenvalue weighted by atomic mass is 32.2. The molecule has 2 aromatic heterocycles. The molecule has 1 fully saturated rings. The average molecular weight is 466 g/mol. The van der Waals surface area contributed by atoms with Gasteiger partial charge in [-0.15, -0.1) is 5.10 Å². The van der Waals surface area contributed by atoms with Crippen LogP contribution in [-0.2, 0) is 36.5 Å². The summed E-state index contributed by atoms with van der Waals surface area (Å²) in [6.45, 7) is 2.15. The summed E-state index contributed by atoms with van der Waals surface area (Å²) in [5.41, 5.74) is 8.03. The van der Waals surface area contributed by atoms with Crippen LogP contribution in [0.5, 0.6) is 0 Å². The summed E-state index contributed by atoms with van der Waals surface area (Å²) in [5.74, 6) is 0.483. The zero-order valence-electron chi connectivity index (χ0n) is 19.5. The smallest absolute Gasteiger partial charge is 0.247 e. The van der Waals surface area contributed by atoms with Gasteiger partial charge in [-0.25, -0.2) is 9.31 Å². The number of benzene rings is 1. The predicted molar refractivity (Wildman–Crippen MR) is 127 cm³/mol. The minimum atomic E-state index is -1.51. The topological polar surface area (TPSA) is 91.7 Å². The van der Waals surface area contributed by atoms with Gasteiger partial charge in [0.25, 0.3) is 0 Å². The lowest BCUT2D eigenvalue weighted by Crippen LogP contribution is -2.20. The van der Waals surface area contributed by atoms with E-state index >= 15 is 0 Å². The number of aromatic nitrogens is 5. The van der Waals surface area contributed by atoms with Crippen LogP contribution in [0.4, 0.5) is 11.6 Å². The van der Waals surface area contributed by atoms with Crippen LogP contribution in [0.3, 0.4) is 0 Å². The second-order valence-corrected chi connectivity index (χ2v) is 11.2. The van der Waals surface area contributed by atoms with Crippen LogP contribution in [0.25, 0.3) is 0 Å². The first-order valence-electron chi connectivity index (χ1n) is 12.0. The largest absolute Gasteiger partial charge is 0.322 e. The number of rotatable bonds is 7. The lowest BCUT2D eigenvalue weighted by molar-refractivity contribution is 0.303. The van der Waals surface area contributed by atoms with Crippen LogP contribution in [0, 0.1) is 0 Å². The Morgan fingerprint density at radius 3 is 2.45 bits per heavy atom. The lowest BCUT2D eigenvalue weighted by Gasteiger charge is -2.20.